The zero-order chi connectivity index (χ0) is 28.9. The van der Waals surface area contributed by atoms with Gasteiger partial charge in [0.05, 0.1) is 5.41 Å². The molecule has 11 nitrogen and oxygen atoms in total. The first-order valence-electron chi connectivity index (χ1n) is 13.9. The zero-order valence-corrected chi connectivity index (χ0v) is 23.5. The number of phenols is 1. The number of nitrogens with zero attached hydrogens (tertiary/aromatic N) is 1. The molecule has 1 aromatic rings. The van der Waals surface area contributed by atoms with Gasteiger partial charge in [-0.1, -0.05) is 25.0 Å². The molecule has 1 spiro atoms. The standard InChI is InChI=1S/C28H38N4O7S/c1-17(33)32-14-8-20(18-4-6-19(34)7-5-18)23(32)25(36)30-22-16-40-15-9-21(26(37)38)31-27(39)28(10-2-3-11-28)12-13-29-24(22)35/h4-7,20-23,34H,2-3,8-16H2,1H3,(H,29,35)(H,30,36)(H,31,39)(H,37,38)/t20-,21+,22?,23+/m1/s1. The number of carboxylic acids is 1. The largest absolute Gasteiger partial charge is 0.508 e. The Morgan fingerprint density at radius 1 is 1.07 bits per heavy atom. The van der Waals surface area contributed by atoms with E-state index >= 15 is 0 Å². The van der Waals surface area contributed by atoms with E-state index in [-0.39, 0.29) is 48.1 Å². The number of hydrogen-bond donors (Lipinski definition) is 5. The molecule has 0 aromatic heterocycles. The van der Waals surface area contributed by atoms with Crippen LogP contribution in [-0.4, -0.2) is 87.4 Å². The van der Waals surface area contributed by atoms with Crippen LogP contribution in [0.25, 0.3) is 0 Å². The van der Waals surface area contributed by atoms with E-state index in [1.807, 2.05) is 0 Å². The fourth-order valence-electron chi connectivity index (χ4n) is 6.14. The van der Waals surface area contributed by atoms with Crippen LogP contribution in [0.4, 0.5) is 0 Å². The van der Waals surface area contributed by atoms with E-state index in [0.29, 0.717) is 38.0 Å². The van der Waals surface area contributed by atoms with Gasteiger partial charge in [0.15, 0.2) is 0 Å². The number of carboxylic acid groups (broad SMARTS) is 1. The summed E-state index contributed by atoms with van der Waals surface area (Å²) in [4.78, 5) is 65.9. The molecule has 3 aliphatic rings. The maximum atomic E-state index is 13.7. The molecule has 1 aromatic carbocycles. The quantitative estimate of drug-likeness (QED) is 0.360. The van der Waals surface area contributed by atoms with Gasteiger partial charge in [0.2, 0.25) is 23.6 Å². The fourth-order valence-corrected chi connectivity index (χ4v) is 7.18. The van der Waals surface area contributed by atoms with Crippen molar-refractivity contribution >= 4 is 41.4 Å². The monoisotopic (exact) mass is 574 g/mol. The number of phenolic OH excluding ortho intramolecular Hbond substituents is 1. The molecule has 0 radical (unpaired) electrons. The lowest BCUT2D eigenvalue weighted by Crippen LogP contribution is -2.55. The van der Waals surface area contributed by atoms with Gasteiger partial charge in [0, 0.05) is 31.7 Å². The summed E-state index contributed by atoms with van der Waals surface area (Å²) in [7, 11) is 0. The van der Waals surface area contributed by atoms with Crippen molar-refractivity contribution in [1.29, 1.82) is 0 Å². The average molecular weight is 575 g/mol. The summed E-state index contributed by atoms with van der Waals surface area (Å²) in [5.41, 5.74) is 0.0959. The van der Waals surface area contributed by atoms with Gasteiger partial charge in [-0.05, 0) is 55.6 Å². The summed E-state index contributed by atoms with van der Waals surface area (Å²) in [6.45, 7) is 2.03. The molecule has 4 atom stereocenters. The summed E-state index contributed by atoms with van der Waals surface area (Å²) in [5, 5.41) is 27.9. The lowest BCUT2D eigenvalue weighted by molar-refractivity contribution is -0.144. The molecule has 5 N–H and O–H groups in total. The number of hydrogen-bond acceptors (Lipinski definition) is 7. The minimum Gasteiger partial charge on any atom is -0.508 e. The number of nitrogens with one attached hydrogen (secondary N) is 3. The highest BCUT2D eigenvalue weighted by Gasteiger charge is 2.44. The Bertz CT molecular complexity index is 1120. The summed E-state index contributed by atoms with van der Waals surface area (Å²) in [6, 6.07) is 3.81. The van der Waals surface area contributed by atoms with Crippen LogP contribution < -0.4 is 16.0 Å². The molecule has 12 heteroatoms. The van der Waals surface area contributed by atoms with Crippen molar-refractivity contribution in [2.75, 3.05) is 24.6 Å². The van der Waals surface area contributed by atoms with Gasteiger partial charge in [-0.3, -0.25) is 19.2 Å². The van der Waals surface area contributed by atoms with Crippen molar-refractivity contribution in [3.05, 3.63) is 29.8 Å². The molecule has 1 saturated carbocycles. The summed E-state index contributed by atoms with van der Waals surface area (Å²) in [5.74, 6) is -2.05. The van der Waals surface area contributed by atoms with Crippen molar-refractivity contribution in [3.63, 3.8) is 0 Å². The Hall–Kier alpha value is -3.28. The molecule has 4 amide bonds. The predicted octanol–water partition coefficient (Wildman–Crippen LogP) is 1.35. The number of aromatic hydroxyl groups is 1. The minimum absolute atomic E-state index is 0.102. The first-order valence-corrected chi connectivity index (χ1v) is 15.0. The number of carbonyl (C=O) groups excluding carboxylic acids is 4. The van der Waals surface area contributed by atoms with E-state index in [2.05, 4.69) is 16.0 Å². The van der Waals surface area contributed by atoms with Gasteiger partial charge in [-0.15, -0.1) is 0 Å². The van der Waals surface area contributed by atoms with Crippen molar-refractivity contribution in [2.24, 2.45) is 5.41 Å². The number of thioether (sulfide) groups is 1. The van der Waals surface area contributed by atoms with Crippen LogP contribution in [0.1, 0.15) is 63.4 Å². The van der Waals surface area contributed by atoms with E-state index in [9.17, 15) is 34.2 Å². The number of aliphatic carboxylic acids is 1. The van der Waals surface area contributed by atoms with Crippen LogP contribution in [0.15, 0.2) is 24.3 Å². The van der Waals surface area contributed by atoms with Crippen LogP contribution in [0.5, 0.6) is 5.75 Å². The normalized spacial score (nSPS) is 27.6. The molecule has 2 heterocycles. The molecule has 218 valence electrons. The summed E-state index contributed by atoms with van der Waals surface area (Å²) >= 11 is 1.32. The lowest BCUT2D eigenvalue weighted by Gasteiger charge is -2.30. The van der Waals surface area contributed by atoms with E-state index in [1.54, 1.807) is 24.3 Å². The summed E-state index contributed by atoms with van der Waals surface area (Å²) < 4.78 is 0. The van der Waals surface area contributed by atoms with Gasteiger partial charge >= 0.3 is 5.97 Å². The second-order valence-corrected chi connectivity index (χ2v) is 12.1. The van der Waals surface area contributed by atoms with E-state index in [1.165, 1.54) is 23.6 Å². The van der Waals surface area contributed by atoms with Crippen molar-refractivity contribution in [1.82, 2.24) is 20.9 Å². The Kier molecular flexibility index (Phi) is 9.60. The van der Waals surface area contributed by atoms with E-state index in [4.69, 9.17) is 0 Å². The highest BCUT2D eigenvalue weighted by Crippen LogP contribution is 2.41. The minimum atomic E-state index is -1.10. The molecule has 3 fully saturated rings. The SMILES string of the molecule is CC(=O)N1CC[C@H](c2ccc(O)cc2)[C@H]1C(=O)NC1CSCC[C@@H](C(=O)O)NC(=O)C2(CCCC2)CCNC1=O. The van der Waals surface area contributed by atoms with Gasteiger partial charge in [-0.25, -0.2) is 4.79 Å². The maximum absolute atomic E-state index is 13.7. The third kappa shape index (κ3) is 6.71. The van der Waals surface area contributed by atoms with Crippen LogP contribution in [0.3, 0.4) is 0 Å². The number of carbonyl (C=O) groups is 5. The van der Waals surface area contributed by atoms with Crippen LogP contribution >= 0.6 is 11.8 Å². The number of rotatable bonds is 4. The van der Waals surface area contributed by atoms with Crippen molar-refractivity contribution in [2.45, 2.75) is 75.9 Å². The predicted molar refractivity (Wildman–Crippen MR) is 149 cm³/mol. The van der Waals surface area contributed by atoms with E-state index in [0.717, 1.165) is 18.4 Å². The molecule has 2 aliphatic heterocycles. The highest BCUT2D eigenvalue weighted by molar-refractivity contribution is 7.99. The average Bonchev–Trinajstić information content (AvgIpc) is 3.58. The van der Waals surface area contributed by atoms with Gasteiger partial charge in [-0.2, -0.15) is 11.8 Å². The zero-order valence-electron chi connectivity index (χ0n) is 22.7. The Morgan fingerprint density at radius 3 is 2.42 bits per heavy atom. The lowest BCUT2D eigenvalue weighted by atomic mass is 9.81. The molecule has 2 saturated heterocycles. The Morgan fingerprint density at radius 2 is 1.77 bits per heavy atom. The second-order valence-electron chi connectivity index (χ2n) is 11.0. The summed E-state index contributed by atoms with van der Waals surface area (Å²) in [6.07, 6.45) is 4.14. The first kappa shape index (κ1) is 29.7. The van der Waals surface area contributed by atoms with Gasteiger partial charge in [0.1, 0.15) is 23.9 Å². The fraction of sp³-hybridized carbons (Fsp3) is 0.607. The Labute approximate surface area is 237 Å². The molecular weight excluding hydrogens is 536 g/mol. The molecule has 0 bridgehead atoms. The molecule has 1 unspecified atom stereocenters. The van der Waals surface area contributed by atoms with Crippen LogP contribution in [0.2, 0.25) is 0 Å². The third-order valence-corrected chi connectivity index (χ3v) is 9.50. The number of benzene rings is 1. The van der Waals surface area contributed by atoms with E-state index < -0.39 is 35.4 Å². The van der Waals surface area contributed by atoms with Gasteiger partial charge < -0.3 is 31.1 Å². The van der Waals surface area contributed by atoms with Crippen molar-refractivity contribution < 1.29 is 34.2 Å². The highest BCUT2D eigenvalue weighted by atomic mass is 32.2. The van der Waals surface area contributed by atoms with Gasteiger partial charge in [0.25, 0.3) is 0 Å². The topological polar surface area (TPSA) is 165 Å². The molecule has 40 heavy (non-hydrogen) atoms. The first-order chi connectivity index (χ1) is 19.1. The maximum Gasteiger partial charge on any atom is 0.326 e. The molecule has 1 aliphatic carbocycles. The molecule has 4 rings (SSSR count). The Balaban J connectivity index is 1.52. The molecular formula is C28H38N4O7S. The number of likely N-dealkylation sites (tertiary alicyclic amines) is 1. The van der Waals surface area contributed by atoms with Crippen LogP contribution in [0, 0.1) is 5.41 Å². The van der Waals surface area contributed by atoms with Crippen molar-refractivity contribution in [3.8, 4) is 5.75 Å². The van der Waals surface area contributed by atoms with Crippen LogP contribution in [-0.2, 0) is 24.0 Å². The smallest absolute Gasteiger partial charge is 0.326 e. The number of amides is 4. The second kappa shape index (κ2) is 12.9. The third-order valence-electron chi connectivity index (χ3n) is 8.41.